The third kappa shape index (κ3) is 3.72. The lowest BCUT2D eigenvalue weighted by Crippen LogP contribution is -2.31. The van der Waals surface area contributed by atoms with Crippen molar-refractivity contribution >= 4 is 29.2 Å². The van der Waals surface area contributed by atoms with Gasteiger partial charge >= 0.3 is 0 Å². The maximum absolute atomic E-state index is 12.8. The van der Waals surface area contributed by atoms with Crippen LogP contribution in [-0.2, 0) is 10.5 Å². The van der Waals surface area contributed by atoms with Crippen molar-refractivity contribution in [3.05, 3.63) is 87.1 Å². The average molecular weight is 433 g/mol. The Morgan fingerprint density at radius 1 is 1.13 bits per heavy atom. The van der Waals surface area contributed by atoms with E-state index in [1.54, 1.807) is 16.8 Å². The monoisotopic (exact) mass is 433 g/mol. The zero-order valence-electron chi connectivity index (χ0n) is 16.5. The van der Waals surface area contributed by atoms with Crippen LogP contribution in [0.2, 0.25) is 0 Å². The molecule has 9 heteroatoms. The Morgan fingerprint density at radius 2 is 1.90 bits per heavy atom. The Balaban J connectivity index is 1.51. The van der Waals surface area contributed by atoms with Crippen LogP contribution >= 0.6 is 11.8 Å². The third-order valence-corrected chi connectivity index (χ3v) is 6.39. The molecule has 1 aliphatic carbocycles. The summed E-state index contributed by atoms with van der Waals surface area (Å²) >= 11 is 1.53. The van der Waals surface area contributed by atoms with Crippen LogP contribution in [0, 0.1) is 10.1 Å². The van der Waals surface area contributed by atoms with Gasteiger partial charge in [-0.15, -0.1) is 5.10 Å². The van der Waals surface area contributed by atoms with Crippen molar-refractivity contribution < 1.29 is 9.72 Å². The van der Waals surface area contributed by atoms with E-state index < -0.39 is 11.0 Å². The lowest BCUT2D eigenvalue weighted by atomic mass is 9.85. The van der Waals surface area contributed by atoms with Crippen LogP contribution in [0.25, 0.3) is 0 Å². The van der Waals surface area contributed by atoms with Crippen molar-refractivity contribution in [3.8, 4) is 0 Å². The van der Waals surface area contributed by atoms with Crippen LogP contribution in [0.15, 0.2) is 71.0 Å². The number of nitro groups is 1. The maximum atomic E-state index is 12.8. The second-order valence-electron chi connectivity index (χ2n) is 7.48. The van der Waals surface area contributed by atoms with E-state index in [0.717, 1.165) is 29.9 Å². The van der Waals surface area contributed by atoms with Crippen molar-refractivity contribution in [1.82, 2.24) is 14.8 Å². The number of carbonyl (C=O) groups excluding carboxylic acids is 1. The number of nitrogens with zero attached hydrogens (tertiary/aromatic N) is 4. The zero-order valence-corrected chi connectivity index (χ0v) is 17.3. The molecule has 0 spiro atoms. The summed E-state index contributed by atoms with van der Waals surface area (Å²) in [7, 11) is 0. The number of nitro benzene ring substituents is 1. The van der Waals surface area contributed by atoms with Gasteiger partial charge in [0.25, 0.3) is 5.69 Å². The molecule has 0 unspecified atom stereocenters. The minimum Gasteiger partial charge on any atom is -0.328 e. The fraction of sp³-hybridized carbons (Fsp3) is 0.227. The highest BCUT2D eigenvalue weighted by Gasteiger charge is 2.37. The Morgan fingerprint density at radius 3 is 2.65 bits per heavy atom. The molecule has 2 aromatic carbocycles. The van der Waals surface area contributed by atoms with E-state index in [1.165, 1.54) is 29.5 Å². The number of ketones is 1. The Kier molecular flexibility index (Phi) is 5.03. The van der Waals surface area contributed by atoms with E-state index in [4.69, 9.17) is 5.10 Å². The summed E-state index contributed by atoms with van der Waals surface area (Å²) in [6.07, 6.45) is 2.05. The number of carbonyl (C=O) groups is 1. The highest BCUT2D eigenvalue weighted by molar-refractivity contribution is 7.98. The van der Waals surface area contributed by atoms with Crippen molar-refractivity contribution in [3.63, 3.8) is 0 Å². The van der Waals surface area contributed by atoms with E-state index in [0.29, 0.717) is 23.1 Å². The molecule has 1 aliphatic heterocycles. The van der Waals surface area contributed by atoms with Crippen LogP contribution in [0.3, 0.4) is 0 Å². The van der Waals surface area contributed by atoms with Gasteiger partial charge in [0.2, 0.25) is 11.1 Å². The highest BCUT2D eigenvalue weighted by atomic mass is 32.2. The van der Waals surface area contributed by atoms with E-state index in [9.17, 15) is 14.9 Å². The minimum absolute atomic E-state index is 0.0137. The van der Waals surface area contributed by atoms with Crippen molar-refractivity contribution in [2.75, 3.05) is 5.32 Å². The first-order chi connectivity index (χ1) is 15.1. The van der Waals surface area contributed by atoms with Crippen molar-refractivity contribution in [1.29, 1.82) is 0 Å². The van der Waals surface area contributed by atoms with Gasteiger partial charge in [-0.1, -0.05) is 42.1 Å². The molecule has 1 aromatic heterocycles. The number of aromatic nitrogens is 3. The summed E-state index contributed by atoms with van der Waals surface area (Å²) in [5, 5.41) is 19.7. The maximum Gasteiger partial charge on any atom is 0.269 e. The fourth-order valence-corrected chi connectivity index (χ4v) is 4.79. The molecule has 3 aromatic rings. The molecular formula is C22H19N5O3S. The largest absolute Gasteiger partial charge is 0.328 e. The molecule has 0 saturated carbocycles. The molecule has 2 aliphatic rings. The van der Waals surface area contributed by atoms with Gasteiger partial charge in [0.1, 0.15) is 6.04 Å². The summed E-state index contributed by atoms with van der Waals surface area (Å²) in [6, 6.07) is 16.0. The Hall–Kier alpha value is -3.46. The number of rotatable bonds is 5. The molecule has 156 valence electrons. The fourth-order valence-electron chi connectivity index (χ4n) is 4.01. The lowest BCUT2D eigenvalue weighted by Gasteiger charge is -2.32. The first-order valence-electron chi connectivity index (χ1n) is 10.0. The molecule has 5 rings (SSSR count). The normalized spacial score (nSPS) is 17.7. The number of benzene rings is 2. The predicted molar refractivity (Wildman–Crippen MR) is 117 cm³/mol. The number of Topliss-reactive ketones (excluding diaryl/α,β-unsaturated/α-hetero) is 1. The molecule has 0 bridgehead atoms. The molecule has 8 nitrogen and oxygen atoms in total. The van der Waals surface area contributed by atoms with Gasteiger partial charge in [0, 0.05) is 35.6 Å². The second kappa shape index (κ2) is 7.99. The van der Waals surface area contributed by atoms with E-state index in [-0.39, 0.29) is 11.5 Å². The van der Waals surface area contributed by atoms with Crippen LogP contribution in [0.5, 0.6) is 0 Å². The number of thioether (sulfide) groups is 1. The zero-order chi connectivity index (χ0) is 21.4. The molecule has 2 heterocycles. The quantitative estimate of drug-likeness (QED) is 0.359. The average Bonchev–Trinajstić information content (AvgIpc) is 3.20. The summed E-state index contributed by atoms with van der Waals surface area (Å²) in [5.74, 6) is 1.41. The van der Waals surface area contributed by atoms with E-state index in [2.05, 4.69) is 22.4 Å². The van der Waals surface area contributed by atoms with Crippen LogP contribution in [0.1, 0.15) is 36.4 Å². The highest BCUT2D eigenvalue weighted by Crippen LogP contribution is 2.41. The number of anilines is 1. The van der Waals surface area contributed by atoms with Gasteiger partial charge in [-0.2, -0.15) is 4.98 Å². The number of hydrogen-bond acceptors (Lipinski definition) is 7. The number of non-ortho nitro benzene ring substituents is 1. The minimum atomic E-state index is -0.446. The predicted octanol–water partition coefficient (Wildman–Crippen LogP) is 4.50. The van der Waals surface area contributed by atoms with Gasteiger partial charge in [-0.25, -0.2) is 4.68 Å². The van der Waals surface area contributed by atoms with Gasteiger partial charge in [0.15, 0.2) is 5.78 Å². The molecule has 1 N–H and O–H groups in total. The summed E-state index contributed by atoms with van der Waals surface area (Å²) < 4.78 is 1.73. The van der Waals surface area contributed by atoms with E-state index in [1.807, 2.05) is 18.2 Å². The summed E-state index contributed by atoms with van der Waals surface area (Å²) in [6.45, 7) is 0. The Labute approximate surface area is 182 Å². The van der Waals surface area contributed by atoms with Crippen molar-refractivity contribution in [2.24, 2.45) is 0 Å². The SMILES string of the molecule is O=C1CCCC2=C1[C@@H](c1ccc([N+](=O)[O-])cc1)n1nc(SCc3ccccc3)nc1N2. The molecule has 0 amide bonds. The first-order valence-corrected chi connectivity index (χ1v) is 11.0. The molecular weight excluding hydrogens is 414 g/mol. The van der Waals surface area contributed by atoms with Gasteiger partial charge in [-0.3, -0.25) is 14.9 Å². The van der Waals surface area contributed by atoms with Gasteiger partial charge in [-0.05, 0) is 36.1 Å². The lowest BCUT2D eigenvalue weighted by molar-refractivity contribution is -0.384. The molecule has 0 fully saturated rings. The Bertz CT molecular complexity index is 1190. The third-order valence-electron chi connectivity index (χ3n) is 5.48. The second-order valence-corrected chi connectivity index (χ2v) is 8.42. The number of hydrogen-bond donors (Lipinski definition) is 1. The van der Waals surface area contributed by atoms with Crippen LogP contribution in [-0.4, -0.2) is 25.5 Å². The van der Waals surface area contributed by atoms with Crippen molar-refractivity contribution in [2.45, 2.75) is 36.2 Å². The van der Waals surface area contributed by atoms with Crippen LogP contribution in [0.4, 0.5) is 11.6 Å². The van der Waals surface area contributed by atoms with Gasteiger partial charge < -0.3 is 5.32 Å². The smallest absolute Gasteiger partial charge is 0.269 e. The molecule has 0 saturated heterocycles. The number of nitrogens with one attached hydrogen (secondary N) is 1. The molecule has 1 atom stereocenters. The first kappa shape index (κ1) is 19.5. The van der Waals surface area contributed by atoms with Gasteiger partial charge in [0.05, 0.1) is 4.92 Å². The van der Waals surface area contributed by atoms with E-state index >= 15 is 0 Å². The summed E-state index contributed by atoms with van der Waals surface area (Å²) in [5.41, 5.74) is 3.52. The molecule has 0 radical (unpaired) electrons. The molecule has 31 heavy (non-hydrogen) atoms. The summed E-state index contributed by atoms with van der Waals surface area (Å²) in [4.78, 5) is 28.1. The topological polar surface area (TPSA) is 103 Å². The number of fused-ring (bicyclic) bond motifs is 1. The van der Waals surface area contributed by atoms with Crippen LogP contribution < -0.4 is 5.32 Å². The number of allylic oxidation sites excluding steroid dienone is 2. The standard InChI is InChI=1S/C22H19N5O3S/c28-18-8-4-7-17-19(18)20(15-9-11-16(12-10-15)27(29)30)26-21(23-17)24-22(25-26)31-13-14-5-2-1-3-6-14/h1-3,5-6,9-12,20H,4,7-8,13H2,(H,23,24,25)/t20-/m1/s1.